The van der Waals surface area contributed by atoms with Gasteiger partial charge < -0.3 is 0 Å². The van der Waals surface area contributed by atoms with E-state index in [-0.39, 0.29) is 19.5 Å². The molecule has 0 aliphatic heterocycles. The summed E-state index contributed by atoms with van der Waals surface area (Å²) >= 11 is 0. The van der Waals surface area contributed by atoms with E-state index in [1.165, 1.54) is 0 Å². The molecule has 220 valence electrons. The van der Waals surface area contributed by atoms with Crippen molar-refractivity contribution >= 4 is 87.1 Å². The van der Waals surface area contributed by atoms with Crippen LogP contribution in [0.5, 0.6) is 0 Å². The van der Waals surface area contributed by atoms with Crippen molar-refractivity contribution in [2.45, 2.75) is 0 Å². The van der Waals surface area contributed by atoms with Crippen molar-refractivity contribution < 1.29 is 19.5 Å². The molecule has 9 rings (SSSR count). The molecule has 9 heteroatoms. The third-order valence-corrected chi connectivity index (χ3v) is 7.03. The molecule has 6 aromatic heterocycles. The number of hydrogen-bond acceptors (Lipinski definition) is 6. The average molecular weight is 713 g/mol. The summed E-state index contributed by atoms with van der Waals surface area (Å²) in [6.45, 7) is 0. The molecule has 0 saturated carbocycles. The van der Waals surface area contributed by atoms with Crippen LogP contribution >= 0.6 is 21.7 Å². The Bertz CT molecular complexity index is 1920. The maximum atomic E-state index is 4.35. The molecule has 0 bridgehead atoms. The zero-order chi connectivity index (χ0) is 30.1. The molecule has 0 spiro atoms. The van der Waals surface area contributed by atoms with E-state index in [1.807, 2.05) is 36.4 Å². The summed E-state index contributed by atoms with van der Waals surface area (Å²) in [5.74, 6) is 0. The Morgan fingerprint density at radius 2 is 0.422 bits per heavy atom. The van der Waals surface area contributed by atoms with Gasteiger partial charge in [-0.1, -0.05) is 72.8 Å². The van der Waals surface area contributed by atoms with Crippen LogP contribution in [0.1, 0.15) is 0 Å². The minimum absolute atomic E-state index is 0. The maximum absolute atomic E-state index is 4.35. The van der Waals surface area contributed by atoms with Gasteiger partial charge in [-0.3, -0.25) is 29.9 Å². The molecule has 0 saturated heterocycles. The molecule has 0 fully saturated rings. The molecule has 0 N–H and O–H groups in total. The van der Waals surface area contributed by atoms with E-state index >= 15 is 0 Å². The fraction of sp³-hybridized carbons (Fsp3) is 0. The van der Waals surface area contributed by atoms with Crippen molar-refractivity contribution in [1.29, 1.82) is 0 Å². The number of rotatable bonds is 0. The number of aromatic nitrogens is 6. The summed E-state index contributed by atoms with van der Waals surface area (Å²) in [6, 6.07) is 36.4. The Labute approximate surface area is 281 Å². The summed E-state index contributed by atoms with van der Waals surface area (Å²) in [5, 5.41) is 6.83. The topological polar surface area (TPSA) is 77.3 Å². The average Bonchev–Trinajstić information content (AvgIpc) is 3.13. The van der Waals surface area contributed by atoms with E-state index in [9.17, 15) is 0 Å². The minimum Gasteiger partial charge on any atom is -0.254 e. The molecule has 0 atom stereocenters. The number of halogens is 2. The fourth-order valence-electron chi connectivity index (χ4n) is 5.04. The van der Waals surface area contributed by atoms with Crippen molar-refractivity contribution in [3.8, 4) is 0 Å². The molecule has 6 heterocycles. The van der Waals surface area contributed by atoms with Gasteiger partial charge in [0.15, 0.2) is 0 Å². The molecule has 0 radical (unpaired) electrons. The Balaban J connectivity index is 0.000000128. The van der Waals surface area contributed by atoms with Crippen LogP contribution in [0.25, 0.3) is 65.4 Å². The predicted molar refractivity (Wildman–Crippen MR) is 183 cm³/mol. The van der Waals surface area contributed by atoms with Crippen molar-refractivity contribution in [2.75, 3.05) is 0 Å². The summed E-state index contributed by atoms with van der Waals surface area (Å²) in [5.41, 5.74) is 5.86. The Morgan fingerprint density at radius 3 is 0.578 bits per heavy atom. The van der Waals surface area contributed by atoms with Gasteiger partial charge in [0, 0.05) is 111 Å². The smallest absolute Gasteiger partial charge is 0.0964 e. The van der Waals surface area contributed by atoms with Gasteiger partial charge in [-0.15, -0.1) is 0 Å². The summed E-state index contributed by atoms with van der Waals surface area (Å²) < 4.78 is 0. The van der Waals surface area contributed by atoms with Gasteiger partial charge in [-0.05, 0) is 36.4 Å². The van der Waals surface area contributed by atoms with Crippen LogP contribution in [0, 0.1) is 0 Å². The molecule has 0 aliphatic rings. The molecule has 9 aromatic rings. The van der Waals surface area contributed by atoms with Crippen LogP contribution in [0.2, 0.25) is 0 Å². The van der Waals surface area contributed by atoms with Crippen LogP contribution in [0.4, 0.5) is 0 Å². The number of nitrogens with zero attached hydrogens (tertiary/aromatic N) is 6. The van der Waals surface area contributed by atoms with Crippen LogP contribution < -0.4 is 0 Å². The minimum atomic E-state index is 0. The van der Waals surface area contributed by atoms with E-state index in [0.717, 1.165) is 65.4 Å². The zero-order valence-electron chi connectivity index (χ0n) is 23.6. The van der Waals surface area contributed by atoms with Crippen LogP contribution in [-0.4, -0.2) is 29.9 Å². The Kier molecular flexibility index (Phi) is 10.8. The molecule has 0 aliphatic carbocycles. The second kappa shape index (κ2) is 15.4. The molecular formula is C36H24Cl2N6Ru. The van der Waals surface area contributed by atoms with Gasteiger partial charge in [-0.2, -0.15) is 0 Å². The van der Waals surface area contributed by atoms with Gasteiger partial charge >= 0.3 is 0 Å². The van der Waals surface area contributed by atoms with Crippen molar-refractivity contribution in [2.24, 2.45) is 0 Å². The van der Waals surface area contributed by atoms with Gasteiger partial charge in [0.05, 0.1) is 33.1 Å². The van der Waals surface area contributed by atoms with Crippen LogP contribution in [-0.2, 0) is 19.5 Å². The van der Waals surface area contributed by atoms with E-state index in [4.69, 9.17) is 0 Å². The molecule has 0 amide bonds. The monoisotopic (exact) mass is 712 g/mol. The van der Waals surface area contributed by atoms with E-state index < -0.39 is 0 Å². The van der Waals surface area contributed by atoms with Gasteiger partial charge in [0.1, 0.15) is 0 Å². The van der Waals surface area contributed by atoms with Gasteiger partial charge in [-0.25, -0.2) is 0 Å². The number of benzene rings is 3. The Hall–Kier alpha value is -4.68. The largest absolute Gasteiger partial charge is 0.254 e. The van der Waals surface area contributed by atoms with E-state index in [1.54, 1.807) is 37.2 Å². The molecular weight excluding hydrogens is 688 g/mol. The second-order valence-corrected chi connectivity index (χ2v) is 9.65. The third-order valence-electron chi connectivity index (χ3n) is 7.03. The Morgan fingerprint density at radius 1 is 0.267 bits per heavy atom. The third kappa shape index (κ3) is 7.02. The van der Waals surface area contributed by atoms with Crippen LogP contribution in [0.15, 0.2) is 146 Å². The molecule has 0 unspecified atom stereocenters. The summed E-state index contributed by atoms with van der Waals surface area (Å²) in [6.07, 6.45) is 10.8. The molecule has 45 heavy (non-hydrogen) atoms. The number of pyridine rings is 6. The first-order chi connectivity index (χ1) is 21.8. The number of hydrogen-bond donors (Lipinski definition) is 0. The van der Waals surface area contributed by atoms with Crippen molar-refractivity contribution in [3.63, 3.8) is 0 Å². The van der Waals surface area contributed by atoms with E-state index in [2.05, 4.69) is 124 Å². The fourth-order valence-corrected chi connectivity index (χ4v) is 5.04. The number of fused-ring (bicyclic) bond motifs is 9. The first-order valence-corrected chi connectivity index (χ1v) is 14.9. The summed E-state index contributed by atoms with van der Waals surface area (Å²) in [4.78, 5) is 26.1. The van der Waals surface area contributed by atoms with E-state index in [0.29, 0.717) is 0 Å². The zero-order valence-corrected chi connectivity index (χ0v) is 26.9. The first-order valence-electron chi connectivity index (χ1n) is 13.7. The quantitative estimate of drug-likeness (QED) is 0.115. The summed E-state index contributed by atoms with van der Waals surface area (Å²) in [7, 11) is 8.22. The molecule has 6 nitrogen and oxygen atoms in total. The molecule has 3 aromatic carbocycles. The van der Waals surface area contributed by atoms with Crippen molar-refractivity contribution in [1.82, 2.24) is 29.9 Å². The van der Waals surface area contributed by atoms with Crippen LogP contribution in [0.3, 0.4) is 0 Å². The standard InChI is InChI=1S/3C12H8N2.Cl2.Ru/c3*1-3-9-5-6-10-4-2-8-14-12(10)11(9)13-7-1;1-2;/h3*1-8H;;. The predicted octanol–water partition coefficient (Wildman–Crippen LogP) is 9.73. The van der Waals surface area contributed by atoms with Gasteiger partial charge in [0.2, 0.25) is 0 Å². The SMILES string of the molecule is ClCl.[Ru].c1cnc2c(c1)ccc1cccnc12.c1cnc2c(c1)ccc1cccnc12.c1cnc2c(c1)ccc1cccnc12. The van der Waals surface area contributed by atoms with Crippen molar-refractivity contribution in [3.05, 3.63) is 146 Å². The first kappa shape index (κ1) is 31.7. The second-order valence-electron chi connectivity index (χ2n) is 9.65. The maximum Gasteiger partial charge on any atom is 0.0964 e. The van der Waals surface area contributed by atoms with Gasteiger partial charge in [0.25, 0.3) is 0 Å². The normalized spacial score (nSPS) is 10.3.